The van der Waals surface area contributed by atoms with Crippen LogP contribution in [0.1, 0.15) is 28.8 Å². The van der Waals surface area contributed by atoms with Crippen LogP contribution in [0.2, 0.25) is 0 Å². The maximum atomic E-state index is 12.0. The minimum atomic E-state index is -0.357. The van der Waals surface area contributed by atoms with E-state index in [-0.39, 0.29) is 12.2 Å². The van der Waals surface area contributed by atoms with E-state index in [4.69, 9.17) is 4.74 Å². The van der Waals surface area contributed by atoms with Crippen molar-refractivity contribution in [3.05, 3.63) is 58.6 Å². The lowest BCUT2D eigenvalue weighted by Gasteiger charge is -2.17. The highest BCUT2D eigenvalue weighted by Crippen LogP contribution is 2.33. The molecule has 31 heavy (non-hydrogen) atoms. The summed E-state index contributed by atoms with van der Waals surface area (Å²) < 4.78 is 6.56. The normalized spacial score (nSPS) is 13.9. The molecule has 0 spiro atoms. The Kier molecular flexibility index (Phi) is 5.38. The second-order valence-electron chi connectivity index (χ2n) is 8.36. The number of fused-ring (bicyclic) bond motifs is 2. The Morgan fingerprint density at radius 2 is 2.16 bits per heavy atom. The lowest BCUT2D eigenvalue weighted by atomic mass is 10.1. The third-order valence-corrected chi connectivity index (χ3v) is 6.87. The molecule has 0 radical (unpaired) electrons. The first kappa shape index (κ1) is 20.0. The fraction of sp³-hybridized carbons (Fsp3) is 0.333. The van der Waals surface area contributed by atoms with Crippen LogP contribution in [-0.4, -0.2) is 40.9 Å². The van der Waals surface area contributed by atoms with E-state index in [1.165, 1.54) is 26.1 Å². The number of benzene rings is 2. The number of hydrogen-bond donors (Lipinski definition) is 2. The van der Waals surface area contributed by atoms with E-state index < -0.39 is 0 Å². The highest BCUT2D eigenvalue weighted by atomic mass is 32.1. The summed E-state index contributed by atoms with van der Waals surface area (Å²) in [5.41, 5.74) is 4.50. The summed E-state index contributed by atoms with van der Waals surface area (Å²) in [5.74, 6) is 0. The maximum absolute atomic E-state index is 12.0. The van der Waals surface area contributed by atoms with Crippen LogP contribution in [0.5, 0.6) is 0 Å². The molecule has 1 saturated carbocycles. The minimum absolute atomic E-state index is 0.104. The first-order valence-electron chi connectivity index (χ1n) is 10.7. The number of carbonyl (C=O) groups excluding carboxylic acids is 1. The summed E-state index contributed by atoms with van der Waals surface area (Å²) in [6.45, 7) is 4.03. The Morgan fingerprint density at radius 1 is 1.29 bits per heavy atom. The van der Waals surface area contributed by atoms with Gasteiger partial charge in [-0.1, -0.05) is 6.07 Å². The number of thiophene rings is 1. The SMILES string of the molecule is Cc1sc2ccc(NC(=O)OC3CC3)cc2c1CCN(C)Cc1ccc2[nH]ncc2c1. The predicted molar refractivity (Wildman–Crippen MR) is 126 cm³/mol. The van der Waals surface area contributed by atoms with E-state index in [0.717, 1.165) is 48.9 Å². The standard InChI is InChI=1S/C24H26N4O2S/c1-15-20(9-10-28(2)14-16-3-7-22-17(11-16)13-25-27-22)21-12-18(4-8-23(21)31-15)26-24(29)30-19-5-6-19/h3-4,7-8,11-13,19H,5-6,9-10,14H2,1-2H3,(H,25,27)(H,26,29). The molecule has 6 nitrogen and oxygen atoms in total. The Balaban J connectivity index is 1.26. The largest absolute Gasteiger partial charge is 0.446 e. The number of nitrogens with zero attached hydrogens (tertiary/aromatic N) is 2. The van der Waals surface area contributed by atoms with Crippen molar-refractivity contribution in [2.24, 2.45) is 0 Å². The van der Waals surface area contributed by atoms with Crippen molar-refractivity contribution >= 4 is 44.1 Å². The highest BCUT2D eigenvalue weighted by molar-refractivity contribution is 7.19. The second-order valence-corrected chi connectivity index (χ2v) is 9.61. The molecule has 0 unspecified atom stereocenters. The van der Waals surface area contributed by atoms with Gasteiger partial charge < -0.3 is 9.64 Å². The number of H-pyrrole nitrogens is 1. The third-order valence-electron chi connectivity index (χ3n) is 5.74. The molecule has 1 aliphatic carbocycles. The number of amides is 1. The van der Waals surface area contributed by atoms with Crippen molar-refractivity contribution in [3.8, 4) is 0 Å². The molecule has 1 fully saturated rings. The molecule has 1 amide bonds. The lowest BCUT2D eigenvalue weighted by molar-refractivity contribution is 0.154. The van der Waals surface area contributed by atoms with E-state index >= 15 is 0 Å². The number of rotatable bonds is 7. The zero-order chi connectivity index (χ0) is 21.4. The first-order chi connectivity index (χ1) is 15.0. The van der Waals surface area contributed by atoms with Crippen molar-refractivity contribution in [1.29, 1.82) is 0 Å². The van der Waals surface area contributed by atoms with Gasteiger partial charge in [-0.25, -0.2) is 4.79 Å². The van der Waals surface area contributed by atoms with Crippen molar-refractivity contribution in [2.75, 3.05) is 18.9 Å². The first-order valence-corrected chi connectivity index (χ1v) is 11.5. The van der Waals surface area contributed by atoms with Gasteiger partial charge in [0.05, 0.1) is 11.7 Å². The molecule has 2 N–H and O–H groups in total. The Bertz CT molecular complexity index is 1240. The van der Waals surface area contributed by atoms with Gasteiger partial charge in [0, 0.05) is 33.7 Å². The number of anilines is 1. The molecule has 5 rings (SSSR count). The molecule has 7 heteroatoms. The van der Waals surface area contributed by atoms with Crippen LogP contribution in [-0.2, 0) is 17.7 Å². The van der Waals surface area contributed by atoms with Crippen molar-refractivity contribution in [3.63, 3.8) is 0 Å². The average molecular weight is 435 g/mol. The number of aryl methyl sites for hydroxylation is 1. The molecular formula is C24H26N4O2S. The molecule has 0 bridgehead atoms. The van der Waals surface area contributed by atoms with E-state index in [1.54, 1.807) is 0 Å². The Labute approximate surface area is 185 Å². The summed E-state index contributed by atoms with van der Waals surface area (Å²) in [4.78, 5) is 15.7. The number of nitrogens with one attached hydrogen (secondary N) is 2. The summed E-state index contributed by atoms with van der Waals surface area (Å²) in [5, 5.41) is 12.3. The second kappa shape index (κ2) is 8.32. The number of aromatic amines is 1. The quantitative estimate of drug-likeness (QED) is 0.405. The van der Waals surface area contributed by atoms with Crippen molar-refractivity contribution in [1.82, 2.24) is 15.1 Å². The number of hydrogen-bond acceptors (Lipinski definition) is 5. The average Bonchev–Trinajstić information content (AvgIpc) is 3.32. The lowest BCUT2D eigenvalue weighted by Crippen LogP contribution is -2.20. The van der Waals surface area contributed by atoms with Crippen LogP contribution in [0.4, 0.5) is 10.5 Å². The molecule has 0 aliphatic heterocycles. The van der Waals surface area contributed by atoms with Gasteiger partial charge in [-0.15, -0.1) is 11.3 Å². The molecule has 1 aliphatic rings. The van der Waals surface area contributed by atoms with Crippen LogP contribution in [0.3, 0.4) is 0 Å². The molecule has 0 atom stereocenters. The van der Waals surface area contributed by atoms with Crippen LogP contribution in [0, 0.1) is 6.92 Å². The zero-order valence-electron chi connectivity index (χ0n) is 17.8. The molecule has 4 aromatic rings. The summed E-state index contributed by atoms with van der Waals surface area (Å²) in [6, 6.07) is 12.6. The van der Waals surface area contributed by atoms with Crippen LogP contribution in [0.25, 0.3) is 21.0 Å². The van der Waals surface area contributed by atoms with Gasteiger partial charge in [0.2, 0.25) is 0 Å². The van der Waals surface area contributed by atoms with E-state index in [0.29, 0.717) is 0 Å². The molecular weight excluding hydrogens is 408 g/mol. The van der Waals surface area contributed by atoms with Crippen LogP contribution in [0.15, 0.2) is 42.6 Å². The van der Waals surface area contributed by atoms with Gasteiger partial charge in [0.15, 0.2) is 0 Å². The Morgan fingerprint density at radius 3 is 3.00 bits per heavy atom. The molecule has 0 saturated heterocycles. The minimum Gasteiger partial charge on any atom is -0.446 e. The summed E-state index contributed by atoms with van der Waals surface area (Å²) in [7, 11) is 2.16. The highest BCUT2D eigenvalue weighted by Gasteiger charge is 2.26. The fourth-order valence-electron chi connectivity index (χ4n) is 3.93. The smallest absolute Gasteiger partial charge is 0.411 e. The summed E-state index contributed by atoms with van der Waals surface area (Å²) in [6.07, 6.45) is 4.53. The number of ether oxygens (including phenoxy) is 1. The third kappa shape index (κ3) is 4.57. The number of likely N-dealkylation sites (N-methyl/N-ethyl adjacent to an activating group) is 1. The van der Waals surface area contributed by atoms with Gasteiger partial charge in [-0.2, -0.15) is 5.10 Å². The van der Waals surface area contributed by atoms with Gasteiger partial charge in [-0.3, -0.25) is 10.4 Å². The van der Waals surface area contributed by atoms with Crippen molar-refractivity contribution < 1.29 is 9.53 Å². The van der Waals surface area contributed by atoms with Gasteiger partial charge >= 0.3 is 6.09 Å². The topological polar surface area (TPSA) is 70.2 Å². The summed E-state index contributed by atoms with van der Waals surface area (Å²) >= 11 is 1.81. The molecule has 2 aromatic heterocycles. The van der Waals surface area contributed by atoms with Gasteiger partial charge in [-0.05, 0) is 80.1 Å². The van der Waals surface area contributed by atoms with E-state index in [2.05, 4.69) is 64.7 Å². The molecule has 2 heterocycles. The zero-order valence-corrected chi connectivity index (χ0v) is 18.6. The van der Waals surface area contributed by atoms with E-state index in [9.17, 15) is 4.79 Å². The number of aromatic nitrogens is 2. The predicted octanol–water partition coefficient (Wildman–Crippen LogP) is 5.47. The number of carbonyl (C=O) groups is 1. The fourth-order valence-corrected chi connectivity index (χ4v) is 5.02. The molecule has 2 aromatic carbocycles. The monoisotopic (exact) mass is 434 g/mol. The van der Waals surface area contributed by atoms with Gasteiger partial charge in [0.1, 0.15) is 6.10 Å². The molecule has 160 valence electrons. The van der Waals surface area contributed by atoms with Crippen molar-refractivity contribution in [2.45, 2.75) is 38.8 Å². The maximum Gasteiger partial charge on any atom is 0.411 e. The van der Waals surface area contributed by atoms with Crippen LogP contribution < -0.4 is 5.32 Å². The Hall–Kier alpha value is -2.90. The van der Waals surface area contributed by atoms with E-state index in [1.807, 2.05) is 23.6 Å². The van der Waals surface area contributed by atoms with Crippen LogP contribution >= 0.6 is 11.3 Å². The van der Waals surface area contributed by atoms with Gasteiger partial charge in [0.25, 0.3) is 0 Å².